The number of hydrogen-bond acceptors (Lipinski definition) is 3. The summed E-state index contributed by atoms with van der Waals surface area (Å²) >= 11 is 6.39. The van der Waals surface area contributed by atoms with Gasteiger partial charge in [0, 0.05) is 0 Å². The van der Waals surface area contributed by atoms with Crippen molar-refractivity contribution in [2.24, 2.45) is 0 Å². The Morgan fingerprint density at radius 1 is 0.923 bits per heavy atom. The molecule has 0 aromatic heterocycles. The molecule has 0 bridgehead atoms. The largest absolute Gasteiger partial charge is 0.492 e. The molecule has 0 aliphatic carbocycles. The van der Waals surface area contributed by atoms with E-state index in [9.17, 15) is 0 Å². The van der Waals surface area contributed by atoms with Crippen LogP contribution in [0.15, 0.2) is 48.5 Å². The first-order valence-electron chi connectivity index (χ1n) is 9.12. The maximum Gasteiger partial charge on any atom is 0.457 e. The Bertz CT molecular complexity index is 730. The van der Waals surface area contributed by atoms with Gasteiger partial charge in [0.25, 0.3) is 0 Å². The van der Waals surface area contributed by atoms with Crippen LogP contribution in [0, 0.1) is 0 Å². The second kappa shape index (κ2) is 7.63. The lowest BCUT2D eigenvalue weighted by Gasteiger charge is -2.32. The fourth-order valence-electron chi connectivity index (χ4n) is 2.94. The van der Waals surface area contributed by atoms with Gasteiger partial charge in [-0.2, -0.15) is 0 Å². The maximum absolute atomic E-state index is 6.39. The summed E-state index contributed by atoms with van der Waals surface area (Å²) < 4.78 is 17.9. The Balaban J connectivity index is 1.50. The predicted octanol–water partition coefficient (Wildman–Crippen LogP) is 5.87. The second-order valence-electron chi connectivity index (χ2n) is 7.69. The lowest BCUT2D eigenvalue weighted by atomic mass is 9.83. The van der Waals surface area contributed by atoms with Crippen molar-refractivity contribution in [2.45, 2.75) is 51.6 Å². The molecule has 1 saturated heterocycles. The Morgan fingerprint density at radius 3 is 2.19 bits per heavy atom. The number of hydrogen-bond donors (Lipinski definition) is 0. The zero-order valence-corrected chi connectivity index (χ0v) is 16.7. The van der Waals surface area contributed by atoms with E-state index in [2.05, 4.69) is 39.8 Å². The van der Waals surface area contributed by atoms with Gasteiger partial charge >= 0.3 is 7.12 Å². The van der Waals surface area contributed by atoms with Gasteiger partial charge in [-0.25, -0.2) is 0 Å². The molecule has 1 aliphatic rings. The summed E-state index contributed by atoms with van der Waals surface area (Å²) in [6, 6.07) is 16.1. The molecule has 0 radical (unpaired) electrons. The van der Waals surface area contributed by atoms with E-state index < -0.39 is 0 Å². The zero-order valence-electron chi connectivity index (χ0n) is 15.9. The van der Waals surface area contributed by atoms with E-state index in [0.717, 1.165) is 23.9 Å². The fourth-order valence-corrected chi connectivity index (χ4v) is 3.18. The molecule has 2 aromatic rings. The van der Waals surface area contributed by atoms with Gasteiger partial charge < -0.3 is 14.0 Å². The molecular formula is C21H26BClO3. The van der Waals surface area contributed by atoms with Crippen LogP contribution in [0.2, 0.25) is 11.3 Å². The SMILES string of the molecule is CC1(C)OB(CCCOc2ccc(-c3ccccc3)cc2Cl)OC1(C)C. The molecule has 3 rings (SSSR count). The molecule has 138 valence electrons. The van der Waals surface area contributed by atoms with Crippen molar-refractivity contribution in [3.8, 4) is 16.9 Å². The van der Waals surface area contributed by atoms with Crippen LogP contribution >= 0.6 is 11.6 Å². The van der Waals surface area contributed by atoms with Crippen molar-refractivity contribution >= 4 is 18.7 Å². The maximum atomic E-state index is 6.39. The molecule has 0 saturated carbocycles. The number of ether oxygens (including phenoxy) is 1. The minimum Gasteiger partial charge on any atom is -0.492 e. The molecular weight excluding hydrogens is 346 g/mol. The fraction of sp³-hybridized carbons (Fsp3) is 0.429. The minimum atomic E-state index is -0.283. The van der Waals surface area contributed by atoms with E-state index in [4.69, 9.17) is 25.6 Å². The first-order valence-corrected chi connectivity index (χ1v) is 9.50. The van der Waals surface area contributed by atoms with Gasteiger partial charge in [-0.05, 0) is 63.7 Å². The molecule has 1 aliphatic heterocycles. The highest BCUT2D eigenvalue weighted by molar-refractivity contribution is 6.45. The van der Waals surface area contributed by atoms with Crippen LogP contribution in [-0.4, -0.2) is 24.9 Å². The normalized spacial score (nSPS) is 18.1. The lowest BCUT2D eigenvalue weighted by Crippen LogP contribution is -2.41. The highest BCUT2D eigenvalue weighted by Gasteiger charge is 2.50. The highest BCUT2D eigenvalue weighted by Crippen LogP contribution is 2.38. The van der Waals surface area contributed by atoms with E-state index in [-0.39, 0.29) is 18.3 Å². The first kappa shape index (κ1) is 19.3. The van der Waals surface area contributed by atoms with Gasteiger partial charge in [0.2, 0.25) is 0 Å². The van der Waals surface area contributed by atoms with Crippen LogP contribution < -0.4 is 4.74 Å². The Morgan fingerprint density at radius 2 is 1.58 bits per heavy atom. The van der Waals surface area contributed by atoms with Gasteiger partial charge in [-0.1, -0.05) is 48.0 Å². The van der Waals surface area contributed by atoms with Crippen LogP contribution in [-0.2, 0) is 9.31 Å². The van der Waals surface area contributed by atoms with Gasteiger partial charge in [-0.3, -0.25) is 0 Å². The Kier molecular flexibility index (Phi) is 5.66. The van der Waals surface area contributed by atoms with Crippen molar-refractivity contribution in [1.29, 1.82) is 0 Å². The Hall–Kier alpha value is -1.49. The average molecular weight is 373 g/mol. The van der Waals surface area contributed by atoms with E-state index in [1.54, 1.807) is 0 Å². The van der Waals surface area contributed by atoms with E-state index in [1.165, 1.54) is 0 Å². The van der Waals surface area contributed by atoms with Gasteiger partial charge in [0.15, 0.2) is 0 Å². The molecule has 1 heterocycles. The predicted molar refractivity (Wildman–Crippen MR) is 108 cm³/mol. The highest BCUT2D eigenvalue weighted by atomic mass is 35.5. The van der Waals surface area contributed by atoms with Crippen molar-refractivity contribution in [2.75, 3.05) is 6.61 Å². The van der Waals surface area contributed by atoms with E-state index >= 15 is 0 Å². The summed E-state index contributed by atoms with van der Waals surface area (Å²) in [6.45, 7) is 8.85. The molecule has 26 heavy (non-hydrogen) atoms. The topological polar surface area (TPSA) is 27.7 Å². The van der Waals surface area contributed by atoms with E-state index in [0.29, 0.717) is 17.4 Å². The molecule has 5 heteroatoms. The third-order valence-electron chi connectivity index (χ3n) is 5.18. The summed E-state index contributed by atoms with van der Waals surface area (Å²) in [4.78, 5) is 0. The molecule has 0 atom stereocenters. The average Bonchev–Trinajstić information content (AvgIpc) is 2.80. The van der Waals surface area contributed by atoms with Crippen molar-refractivity contribution < 1.29 is 14.0 Å². The smallest absolute Gasteiger partial charge is 0.457 e. The standard InChI is InChI=1S/C21H26BClO3/c1-20(2)21(3,4)26-22(25-20)13-8-14-24-19-12-11-17(15-18(19)23)16-9-6-5-7-10-16/h5-7,9-12,15H,8,13-14H2,1-4H3. The number of rotatable bonds is 6. The van der Waals surface area contributed by atoms with Gasteiger partial charge in [0.1, 0.15) is 5.75 Å². The van der Waals surface area contributed by atoms with Crippen LogP contribution in [0.4, 0.5) is 0 Å². The lowest BCUT2D eigenvalue weighted by molar-refractivity contribution is 0.00578. The number of halogens is 1. The van der Waals surface area contributed by atoms with Crippen LogP contribution in [0.3, 0.4) is 0 Å². The third kappa shape index (κ3) is 4.25. The number of benzene rings is 2. The minimum absolute atomic E-state index is 0.181. The van der Waals surface area contributed by atoms with Crippen molar-refractivity contribution in [3.05, 3.63) is 53.6 Å². The molecule has 2 aromatic carbocycles. The third-order valence-corrected chi connectivity index (χ3v) is 5.48. The summed E-state index contributed by atoms with van der Waals surface area (Å²) in [7, 11) is -0.181. The molecule has 0 unspecified atom stereocenters. The summed E-state index contributed by atoms with van der Waals surface area (Å²) in [5, 5.41) is 0.627. The van der Waals surface area contributed by atoms with Crippen molar-refractivity contribution in [3.63, 3.8) is 0 Å². The van der Waals surface area contributed by atoms with Crippen LogP contribution in [0.1, 0.15) is 34.1 Å². The van der Waals surface area contributed by atoms with Crippen LogP contribution in [0.5, 0.6) is 5.75 Å². The van der Waals surface area contributed by atoms with E-state index in [1.807, 2.05) is 36.4 Å². The summed E-state index contributed by atoms with van der Waals surface area (Å²) in [5.74, 6) is 0.709. The molecule has 0 N–H and O–H groups in total. The van der Waals surface area contributed by atoms with Crippen molar-refractivity contribution in [1.82, 2.24) is 0 Å². The monoisotopic (exact) mass is 372 g/mol. The zero-order chi connectivity index (χ0) is 18.8. The molecule has 3 nitrogen and oxygen atoms in total. The summed E-state index contributed by atoms with van der Waals surface area (Å²) in [6.07, 6.45) is 1.64. The van der Waals surface area contributed by atoms with Gasteiger partial charge in [0.05, 0.1) is 22.8 Å². The Labute approximate surface area is 161 Å². The molecule has 0 amide bonds. The summed E-state index contributed by atoms with van der Waals surface area (Å²) in [5.41, 5.74) is 1.66. The quantitative estimate of drug-likeness (QED) is 0.469. The first-order chi connectivity index (χ1) is 12.3. The van der Waals surface area contributed by atoms with Gasteiger partial charge in [-0.15, -0.1) is 0 Å². The molecule has 1 fully saturated rings. The molecule has 0 spiro atoms. The van der Waals surface area contributed by atoms with Crippen LogP contribution in [0.25, 0.3) is 11.1 Å². The second-order valence-corrected chi connectivity index (χ2v) is 8.09.